The van der Waals surface area contributed by atoms with Crippen LogP contribution in [0.4, 0.5) is 19.0 Å². The van der Waals surface area contributed by atoms with Crippen LogP contribution in [0.15, 0.2) is 48.7 Å². The van der Waals surface area contributed by atoms with Crippen LogP contribution in [0.5, 0.6) is 0 Å². The molecular weight excluding hydrogens is 329 g/mol. The lowest BCUT2D eigenvalue weighted by Crippen LogP contribution is -2.14. The van der Waals surface area contributed by atoms with E-state index in [-0.39, 0.29) is 11.5 Å². The van der Waals surface area contributed by atoms with Gasteiger partial charge in [-0.25, -0.2) is 4.98 Å². The summed E-state index contributed by atoms with van der Waals surface area (Å²) in [5.74, 6) is 0.257. The van der Waals surface area contributed by atoms with Gasteiger partial charge in [0, 0.05) is 38.5 Å². The average molecular weight is 346 g/mol. The number of pyridine rings is 1. The summed E-state index contributed by atoms with van der Waals surface area (Å²) in [5, 5.41) is 4.33. The topological polar surface area (TPSA) is 34.0 Å². The number of hydrogen-bond acceptors (Lipinski definition) is 3. The van der Waals surface area contributed by atoms with Crippen LogP contribution in [0, 0.1) is 0 Å². The van der Waals surface area contributed by atoms with E-state index >= 15 is 0 Å². The van der Waals surface area contributed by atoms with Crippen LogP contribution in [-0.4, -0.2) is 28.9 Å². The number of nitrogens with zero attached hydrogens (tertiary/aromatic N) is 4. The van der Waals surface area contributed by atoms with Gasteiger partial charge < -0.3 is 4.90 Å². The van der Waals surface area contributed by atoms with Crippen molar-refractivity contribution in [2.75, 3.05) is 19.0 Å². The van der Waals surface area contributed by atoms with Crippen LogP contribution in [0.2, 0.25) is 0 Å². The van der Waals surface area contributed by atoms with Crippen molar-refractivity contribution < 1.29 is 13.2 Å². The van der Waals surface area contributed by atoms with Gasteiger partial charge in [-0.3, -0.25) is 4.68 Å². The molecule has 0 N–H and O–H groups in total. The monoisotopic (exact) mass is 346 g/mol. The first-order valence-corrected chi connectivity index (χ1v) is 7.61. The first-order chi connectivity index (χ1) is 11.7. The largest absolute Gasteiger partial charge is 0.416 e. The van der Waals surface area contributed by atoms with E-state index in [2.05, 4.69) is 10.1 Å². The maximum absolute atomic E-state index is 13.2. The molecule has 0 bridgehead atoms. The Morgan fingerprint density at radius 3 is 2.20 bits per heavy atom. The first kappa shape index (κ1) is 17.0. The number of rotatable bonds is 3. The zero-order chi connectivity index (χ0) is 18.2. The van der Waals surface area contributed by atoms with Crippen LogP contribution in [0.1, 0.15) is 5.56 Å². The molecule has 3 rings (SSSR count). The minimum absolute atomic E-state index is 0.257. The fourth-order valence-electron chi connectivity index (χ4n) is 2.46. The molecule has 4 nitrogen and oxygen atoms in total. The van der Waals surface area contributed by atoms with Gasteiger partial charge in [0.25, 0.3) is 0 Å². The Morgan fingerprint density at radius 1 is 0.960 bits per heavy atom. The van der Waals surface area contributed by atoms with E-state index in [4.69, 9.17) is 0 Å². The summed E-state index contributed by atoms with van der Waals surface area (Å²) in [6.07, 6.45) is -2.62. The molecule has 0 aliphatic carbocycles. The third-order valence-electron chi connectivity index (χ3n) is 3.77. The summed E-state index contributed by atoms with van der Waals surface area (Å²) in [7, 11) is 5.14. The van der Waals surface area contributed by atoms with E-state index in [9.17, 15) is 13.2 Å². The molecule has 0 spiro atoms. The predicted octanol–water partition coefficient (Wildman–Crippen LogP) is 4.23. The molecule has 130 valence electrons. The fourth-order valence-corrected chi connectivity index (χ4v) is 2.46. The summed E-state index contributed by atoms with van der Waals surface area (Å²) >= 11 is 0. The van der Waals surface area contributed by atoms with E-state index in [1.165, 1.54) is 0 Å². The summed E-state index contributed by atoms with van der Waals surface area (Å²) in [6, 6.07) is 11.2. The van der Waals surface area contributed by atoms with Crippen LogP contribution in [0.25, 0.3) is 22.5 Å². The molecule has 2 heterocycles. The number of aryl methyl sites for hydroxylation is 1. The number of benzene rings is 1. The van der Waals surface area contributed by atoms with E-state index in [0.29, 0.717) is 5.56 Å². The minimum Gasteiger partial charge on any atom is -0.363 e. The third kappa shape index (κ3) is 3.65. The van der Waals surface area contributed by atoms with Crippen molar-refractivity contribution in [3.05, 3.63) is 54.2 Å². The molecule has 25 heavy (non-hydrogen) atoms. The molecule has 3 aromatic rings. The van der Waals surface area contributed by atoms with Gasteiger partial charge in [-0.05, 0) is 24.3 Å². The highest BCUT2D eigenvalue weighted by Gasteiger charge is 2.32. The van der Waals surface area contributed by atoms with Crippen molar-refractivity contribution in [1.29, 1.82) is 0 Å². The smallest absolute Gasteiger partial charge is 0.363 e. The van der Waals surface area contributed by atoms with Gasteiger partial charge in [-0.2, -0.15) is 18.3 Å². The van der Waals surface area contributed by atoms with E-state index in [1.807, 2.05) is 25.4 Å². The molecule has 0 saturated carbocycles. The normalized spacial score (nSPS) is 11.6. The molecular formula is C18H17F3N4. The second-order valence-electron chi connectivity index (χ2n) is 5.95. The number of halogens is 3. The molecule has 0 atom stereocenters. The van der Waals surface area contributed by atoms with Crippen LogP contribution in [0.3, 0.4) is 0 Å². The van der Waals surface area contributed by atoms with Gasteiger partial charge in [0.15, 0.2) is 0 Å². The molecule has 0 amide bonds. The molecule has 0 aliphatic rings. The van der Waals surface area contributed by atoms with Crippen molar-refractivity contribution in [3.63, 3.8) is 0 Å². The quantitative estimate of drug-likeness (QED) is 0.712. The zero-order valence-corrected chi connectivity index (χ0v) is 14.0. The average Bonchev–Trinajstić information content (AvgIpc) is 3.00. The number of aromatic nitrogens is 3. The lowest BCUT2D eigenvalue weighted by molar-refractivity contribution is -0.137. The Labute approximate surface area is 143 Å². The SMILES string of the molecule is CN(C)c1cc(C(F)(F)F)cc(-c2cccc(-c3ccn(C)n3)c2)n1. The Kier molecular flexibility index (Phi) is 4.24. The van der Waals surface area contributed by atoms with Crippen LogP contribution in [-0.2, 0) is 13.2 Å². The Morgan fingerprint density at radius 2 is 1.64 bits per heavy atom. The van der Waals surface area contributed by atoms with Crippen molar-refractivity contribution >= 4 is 5.82 Å². The molecule has 7 heteroatoms. The second kappa shape index (κ2) is 6.23. The lowest BCUT2D eigenvalue weighted by Gasteiger charge is -2.16. The van der Waals surface area contributed by atoms with Gasteiger partial charge >= 0.3 is 6.18 Å². The Bertz CT molecular complexity index is 897. The highest BCUT2D eigenvalue weighted by atomic mass is 19.4. The second-order valence-corrected chi connectivity index (χ2v) is 5.95. The minimum atomic E-state index is -4.43. The van der Waals surface area contributed by atoms with E-state index in [0.717, 1.165) is 23.4 Å². The van der Waals surface area contributed by atoms with Crippen LogP contribution < -0.4 is 4.90 Å². The van der Waals surface area contributed by atoms with Gasteiger partial charge in [0.2, 0.25) is 0 Å². The highest BCUT2D eigenvalue weighted by molar-refractivity contribution is 5.70. The van der Waals surface area contributed by atoms with Crippen LogP contribution >= 0.6 is 0 Å². The number of alkyl halides is 3. The lowest BCUT2D eigenvalue weighted by atomic mass is 10.0. The van der Waals surface area contributed by atoms with E-state index < -0.39 is 11.7 Å². The summed E-state index contributed by atoms with van der Waals surface area (Å²) in [6.45, 7) is 0. The van der Waals surface area contributed by atoms with Crippen molar-refractivity contribution in [2.24, 2.45) is 7.05 Å². The molecule has 0 unspecified atom stereocenters. The van der Waals surface area contributed by atoms with Gasteiger partial charge in [0.05, 0.1) is 17.0 Å². The Hall–Kier alpha value is -2.83. The zero-order valence-electron chi connectivity index (χ0n) is 14.0. The maximum Gasteiger partial charge on any atom is 0.416 e. The van der Waals surface area contributed by atoms with Gasteiger partial charge in [-0.1, -0.05) is 18.2 Å². The predicted molar refractivity (Wildman–Crippen MR) is 91.2 cm³/mol. The number of anilines is 1. The molecule has 2 aromatic heterocycles. The molecule has 0 fully saturated rings. The maximum atomic E-state index is 13.2. The molecule has 0 aliphatic heterocycles. The molecule has 0 saturated heterocycles. The van der Waals surface area contributed by atoms with Crippen molar-refractivity contribution in [2.45, 2.75) is 6.18 Å². The van der Waals surface area contributed by atoms with Crippen molar-refractivity contribution in [3.8, 4) is 22.5 Å². The van der Waals surface area contributed by atoms with Crippen molar-refractivity contribution in [1.82, 2.24) is 14.8 Å². The number of hydrogen-bond donors (Lipinski definition) is 0. The van der Waals surface area contributed by atoms with E-state index in [1.54, 1.807) is 41.9 Å². The first-order valence-electron chi connectivity index (χ1n) is 7.61. The molecule has 0 radical (unpaired) electrons. The van der Waals surface area contributed by atoms with Gasteiger partial charge in [-0.15, -0.1) is 0 Å². The van der Waals surface area contributed by atoms with Gasteiger partial charge in [0.1, 0.15) is 5.82 Å². The standard InChI is InChI=1S/C18H17F3N4/c1-24(2)17-11-14(18(19,20)21)10-16(22-17)13-6-4-5-12(9-13)15-7-8-25(3)23-15/h4-11H,1-3H3. The Balaban J connectivity index is 2.11. The summed E-state index contributed by atoms with van der Waals surface area (Å²) < 4.78 is 41.3. The fraction of sp³-hybridized carbons (Fsp3) is 0.222. The third-order valence-corrected chi connectivity index (χ3v) is 3.77. The summed E-state index contributed by atoms with van der Waals surface area (Å²) in [5.41, 5.74) is 1.74. The summed E-state index contributed by atoms with van der Waals surface area (Å²) in [4.78, 5) is 5.91. The highest BCUT2D eigenvalue weighted by Crippen LogP contribution is 2.34. The molecule has 1 aromatic carbocycles.